The molecule has 6 heteroatoms. The molecule has 0 bridgehead atoms. The van der Waals surface area contributed by atoms with Gasteiger partial charge in [0.15, 0.2) is 0 Å². The number of hydrogen-bond acceptors (Lipinski definition) is 3. The zero-order chi connectivity index (χ0) is 19.7. The highest BCUT2D eigenvalue weighted by Gasteiger charge is 2.12. The average Bonchev–Trinajstić information content (AvgIpc) is 3.12. The maximum absolute atomic E-state index is 12.6. The van der Waals surface area contributed by atoms with Gasteiger partial charge in [0.05, 0.1) is 18.4 Å². The molecule has 0 unspecified atom stereocenters. The Balaban J connectivity index is 1.55. The number of carbonyl (C=O) groups excluding carboxylic acids is 1. The third-order valence-corrected chi connectivity index (χ3v) is 5.16. The molecule has 4 aromatic rings. The third kappa shape index (κ3) is 3.64. The van der Waals surface area contributed by atoms with Crippen LogP contribution in [0.15, 0.2) is 71.5 Å². The van der Waals surface area contributed by atoms with Gasteiger partial charge >= 0.3 is 0 Å². The topological polar surface area (TPSA) is 55.6 Å². The van der Waals surface area contributed by atoms with Crippen LogP contribution in [-0.2, 0) is 0 Å². The Bertz CT molecular complexity index is 1170. The Morgan fingerprint density at radius 3 is 2.64 bits per heavy atom. The summed E-state index contributed by atoms with van der Waals surface area (Å²) in [6.45, 7) is 2.05. The van der Waals surface area contributed by atoms with Crippen molar-refractivity contribution in [1.29, 1.82) is 0 Å². The maximum atomic E-state index is 12.6. The van der Waals surface area contributed by atoms with Crippen LogP contribution in [0.1, 0.15) is 15.9 Å². The van der Waals surface area contributed by atoms with Gasteiger partial charge in [0.25, 0.3) is 5.91 Å². The van der Waals surface area contributed by atoms with E-state index in [1.807, 2.05) is 60.1 Å². The summed E-state index contributed by atoms with van der Waals surface area (Å²) in [6.07, 6.45) is 4.00. The van der Waals surface area contributed by atoms with Gasteiger partial charge in [-0.3, -0.25) is 4.79 Å². The number of halogens is 1. The van der Waals surface area contributed by atoms with Crippen molar-refractivity contribution in [3.63, 3.8) is 0 Å². The molecule has 4 rings (SSSR count). The highest BCUT2D eigenvalue weighted by Crippen LogP contribution is 2.25. The Kier molecular flexibility index (Phi) is 4.88. The smallest absolute Gasteiger partial charge is 0.256 e. The van der Waals surface area contributed by atoms with Crippen molar-refractivity contribution < 1.29 is 9.53 Å². The van der Waals surface area contributed by atoms with E-state index in [4.69, 9.17) is 4.74 Å². The van der Waals surface area contributed by atoms with E-state index < -0.39 is 0 Å². The Morgan fingerprint density at radius 2 is 1.89 bits per heavy atom. The van der Waals surface area contributed by atoms with Crippen LogP contribution in [0.5, 0.6) is 5.75 Å². The van der Waals surface area contributed by atoms with Crippen LogP contribution in [0, 0.1) is 6.92 Å². The largest absolute Gasteiger partial charge is 0.497 e. The lowest BCUT2D eigenvalue weighted by Crippen LogP contribution is -2.12. The van der Waals surface area contributed by atoms with Gasteiger partial charge in [-0.1, -0.05) is 12.1 Å². The Labute approximate surface area is 171 Å². The second-order valence-electron chi connectivity index (χ2n) is 6.47. The molecule has 0 radical (unpaired) electrons. The molecule has 2 heterocycles. The Hall–Kier alpha value is -3.12. The van der Waals surface area contributed by atoms with Crippen molar-refractivity contribution in [2.75, 3.05) is 12.4 Å². The minimum atomic E-state index is -0.207. The number of hydrogen-bond donors (Lipinski definition) is 1. The molecule has 0 aliphatic carbocycles. The fourth-order valence-corrected chi connectivity index (χ4v) is 3.38. The number of amides is 1. The minimum absolute atomic E-state index is 0.207. The van der Waals surface area contributed by atoms with Gasteiger partial charge in [-0.15, -0.1) is 0 Å². The number of anilines is 1. The van der Waals surface area contributed by atoms with Gasteiger partial charge in [-0.05, 0) is 70.9 Å². The summed E-state index contributed by atoms with van der Waals surface area (Å²) in [5.41, 5.74) is 5.19. The molecule has 2 aromatic carbocycles. The normalized spacial score (nSPS) is 10.8. The summed E-state index contributed by atoms with van der Waals surface area (Å²) in [5, 5.41) is 2.91. The van der Waals surface area contributed by atoms with Crippen molar-refractivity contribution >= 4 is 33.2 Å². The van der Waals surface area contributed by atoms with Gasteiger partial charge in [0.1, 0.15) is 11.4 Å². The van der Waals surface area contributed by atoms with E-state index in [0.29, 0.717) is 21.5 Å². The van der Waals surface area contributed by atoms with Crippen molar-refractivity contribution in [2.45, 2.75) is 6.92 Å². The van der Waals surface area contributed by atoms with Crippen LogP contribution in [0.4, 0.5) is 5.69 Å². The first kappa shape index (κ1) is 18.3. The second-order valence-corrected chi connectivity index (χ2v) is 7.33. The number of nitrogens with zero attached hydrogens (tertiary/aromatic N) is 2. The minimum Gasteiger partial charge on any atom is -0.497 e. The van der Waals surface area contributed by atoms with Crippen LogP contribution in [0.3, 0.4) is 0 Å². The van der Waals surface area contributed by atoms with Crippen molar-refractivity contribution in [3.8, 4) is 17.0 Å². The number of methoxy groups -OCH3 is 1. The highest BCUT2D eigenvalue weighted by molar-refractivity contribution is 9.10. The van der Waals surface area contributed by atoms with Crippen LogP contribution < -0.4 is 10.1 Å². The fourth-order valence-electron chi connectivity index (χ4n) is 2.95. The number of ether oxygens (including phenoxy) is 1. The van der Waals surface area contributed by atoms with E-state index in [1.165, 1.54) is 5.56 Å². The lowest BCUT2D eigenvalue weighted by Gasteiger charge is -2.09. The zero-order valence-corrected chi connectivity index (χ0v) is 17.0. The molecular formula is C22H18BrN3O2. The number of aryl methyl sites for hydroxylation is 1. The number of nitrogens with one attached hydrogen (secondary N) is 1. The molecule has 2 aromatic heterocycles. The molecular weight excluding hydrogens is 418 g/mol. The van der Waals surface area contributed by atoms with Gasteiger partial charge in [0.2, 0.25) is 0 Å². The molecule has 1 N–H and O–H groups in total. The van der Waals surface area contributed by atoms with E-state index in [-0.39, 0.29) is 5.91 Å². The number of benzene rings is 2. The number of imidazole rings is 1. The summed E-state index contributed by atoms with van der Waals surface area (Å²) in [5.74, 6) is 0.424. The van der Waals surface area contributed by atoms with E-state index in [0.717, 1.165) is 16.9 Å². The number of aromatic nitrogens is 2. The van der Waals surface area contributed by atoms with E-state index in [1.54, 1.807) is 25.3 Å². The highest BCUT2D eigenvalue weighted by atomic mass is 79.9. The molecule has 1 amide bonds. The van der Waals surface area contributed by atoms with Crippen LogP contribution in [-0.4, -0.2) is 22.4 Å². The molecule has 0 fully saturated rings. The van der Waals surface area contributed by atoms with Gasteiger partial charge in [-0.25, -0.2) is 4.98 Å². The molecule has 0 saturated carbocycles. The predicted molar refractivity (Wildman–Crippen MR) is 114 cm³/mol. The monoisotopic (exact) mass is 435 g/mol. The maximum Gasteiger partial charge on any atom is 0.256 e. The lowest BCUT2D eigenvalue weighted by atomic mass is 10.1. The van der Waals surface area contributed by atoms with Crippen LogP contribution in [0.25, 0.3) is 16.9 Å². The van der Waals surface area contributed by atoms with E-state index in [9.17, 15) is 4.79 Å². The van der Waals surface area contributed by atoms with Crippen LogP contribution >= 0.6 is 15.9 Å². The SMILES string of the molecule is COc1ccc(Br)c(C(=O)Nc2ccc(-c3cn4ccc(C)cc4n3)cc2)c1. The Morgan fingerprint density at radius 1 is 1.11 bits per heavy atom. The van der Waals surface area contributed by atoms with Crippen LogP contribution in [0.2, 0.25) is 0 Å². The predicted octanol–water partition coefficient (Wildman–Crippen LogP) is 5.33. The number of rotatable bonds is 4. The standard InChI is InChI=1S/C22H18BrN3O2/c1-14-9-10-26-13-20(25-21(26)11-14)15-3-5-16(6-4-15)24-22(27)18-12-17(28-2)7-8-19(18)23/h3-13H,1-2H3,(H,24,27). The molecule has 0 atom stereocenters. The first-order chi connectivity index (χ1) is 13.5. The summed E-state index contributed by atoms with van der Waals surface area (Å²) in [6, 6.07) is 17.0. The second kappa shape index (κ2) is 7.48. The van der Waals surface area contributed by atoms with E-state index in [2.05, 4.69) is 26.2 Å². The summed E-state index contributed by atoms with van der Waals surface area (Å²) >= 11 is 3.41. The zero-order valence-electron chi connectivity index (χ0n) is 15.4. The molecule has 0 aliphatic heterocycles. The number of carbonyl (C=O) groups is 1. The van der Waals surface area contributed by atoms with Crippen molar-refractivity contribution in [1.82, 2.24) is 9.38 Å². The molecule has 0 aliphatic rings. The lowest BCUT2D eigenvalue weighted by molar-refractivity contribution is 0.102. The molecule has 0 saturated heterocycles. The average molecular weight is 436 g/mol. The van der Waals surface area contributed by atoms with E-state index >= 15 is 0 Å². The number of pyridine rings is 1. The molecule has 0 spiro atoms. The van der Waals surface area contributed by atoms with Gasteiger partial charge in [-0.2, -0.15) is 0 Å². The summed E-state index contributed by atoms with van der Waals surface area (Å²) in [7, 11) is 1.57. The quantitative estimate of drug-likeness (QED) is 0.470. The first-order valence-corrected chi connectivity index (χ1v) is 9.53. The molecule has 140 valence electrons. The molecule has 28 heavy (non-hydrogen) atoms. The summed E-state index contributed by atoms with van der Waals surface area (Å²) < 4.78 is 7.91. The van der Waals surface area contributed by atoms with Crippen molar-refractivity contribution in [3.05, 3.63) is 82.6 Å². The molecule has 5 nitrogen and oxygen atoms in total. The van der Waals surface area contributed by atoms with Gasteiger partial charge in [0, 0.05) is 28.1 Å². The first-order valence-electron chi connectivity index (χ1n) is 8.74. The summed E-state index contributed by atoms with van der Waals surface area (Å²) in [4.78, 5) is 17.3. The number of fused-ring (bicyclic) bond motifs is 1. The van der Waals surface area contributed by atoms with Gasteiger partial charge < -0.3 is 14.5 Å². The third-order valence-electron chi connectivity index (χ3n) is 4.47. The van der Waals surface area contributed by atoms with Crippen molar-refractivity contribution in [2.24, 2.45) is 0 Å². The fraction of sp³-hybridized carbons (Fsp3) is 0.0909.